The van der Waals surface area contributed by atoms with Crippen molar-refractivity contribution in [2.45, 2.75) is 38.1 Å². The maximum Gasteiger partial charge on any atom is 0.182 e. The third kappa shape index (κ3) is 2.17. The van der Waals surface area contributed by atoms with E-state index in [1.807, 2.05) is 30.3 Å². The van der Waals surface area contributed by atoms with E-state index in [1.165, 1.54) is 6.42 Å². The second kappa shape index (κ2) is 4.38. The molecule has 0 aliphatic heterocycles. The summed E-state index contributed by atoms with van der Waals surface area (Å²) in [6, 6.07) is 9.42. The molecule has 2 N–H and O–H groups in total. The molecule has 2 rings (SSSR count). The largest absolute Gasteiger partial charge is 0.319 e. The van der Waals surface area contributed by atoms with Crippen LogP contribution in [0, 0.1) is 5.92 Å². The number of benzene rings is 1. The van der Waals surface area contributed by atoms with Crippen LogP contribution in [0.15, 0.2) is 30.3 Å². The van der Waals surface area contributed by atoms with Gasteiger partial charge in [0.15, 0.2) is 5.78 Å². The third-order valence-corrected chi connectivity index (χ3v) is 3.52. The van der Waals surface area contributed by atoms with Crippen molar-refractivity contribution in [2.24, 2.45) is 11.7 Å². The Hall–Kier alpha value is -1.15. The van der Waals surface area contributed by atoms with Gasteiger partial charge < -0.3 is 5.73 Å². The van der Waals surface area contributed by atoms with Crippen LogP contribution in [0.1, 0.15) is 43.0 Å². The fourth-order valence-corrected chi connectivity index (χ4v) is 2.68. The van der Waals surface area contributed by atoms with Crippen molar-refractivity contribution in [3.05, 3.63) is 35.9 Å². The monoisotopic (exact) mass is 217 g/mol. The van der Waals surface area contributed by atoms with Crippen LogP contribution in [0.5, 0.6) is 0 Å². The second-order valence-corrected chi connectivity index (χ2v) is 5.05. The Morgan fingerprint density at radius 3 is 2.69 bits per heavy atom. The summed E-state index contributed by atoms with van der Waals surface area (Å²) >= 11 is 0. The molecular formula is C14H19NO. The predicted molar refractivity (Wildman–Crippen MR) is 65.3 cm³/mol. The molecule has 16 heavy (non-hydrogen) atoms. The van der Waals surface area contributed by atoms with E-state index in [0.29, 0.717) is 5.92 Å². The quantitative estimate of drug-likeness (QED) is 0.774. The molecule has 2 heteroatoms. The van der Waals surface area contributed by atoms with E-state index < -0.39 is 5.54 Å². The summed E-state index contributed by atoms with van der Waals surface area (Å²) in [5.41, 5.74) is 6.40. The van der Waals surface area contributed by atoms with Crippen LogP contribution in [0.25, 0.3) is 0 Å². The van der Waals surface area contributed by atoms with E-state index >= 15 is 0 Å². The highest BCUT2D eigenvalue weighted by Crippen LogP contribution is 2.32. The lowest BCUT2D eigenvalue weighted by Gasteiger charge is -2.35. The van der Waals surface area contributed by atoms with Gasteiger partial charge in [0, 0.05) is 5.56 Å². The molecule has 2 atom stereocenters. The molecular weight excluding hydrogens is 198 g/mol. The SMILES string of the molecule is CC1CCCC(N)(C(=O)c2ccccc2)C1. The molecule has 1 aromatic rings. The van der Waals surface area contributed by atoms with Gasteiger partial charge in [0.05, 0.1) is 5.54 Å². The predicted octanol–water partition coefficient (Wildman–Crippen LogP) is 2.78. The Bertz CT molecular complexity index is 374. The fraction of sp³-hybridized carbons (Fsp3) is 0.500. The Morgan fingerprint density at radius 2 is 2.06 bits per heavy atom. The molecule has 1 aromatic carbocycles. The standard InChI is InChI=1S/C14H19NO/c1-11-6-5-9-14(15,10-11)13(16)12-7-3-2-4-8-12/h2-4,7-8,11H,5-6,9-10,15H2,1H3. The summed E-state index contributed by atoms with van der Waals surface area (Å²) in [6.45, 7) is 2.18. The molecule has 2 nitrogen and oxygen atoms in total. The number of rotatable bonds is 2. The lowest BCUT2D eigenvalue weighted by Crippen LogP contribution is -2.51. The summed E-state index contributed by atoms with van der Waals surface area (Å²) in [7, 11) is 0. The van der Waals surface area contributed by atoms with E-state index in [1.54, 1.807) is 0 Å². The summed E-state index contributed by atoms with van der Waals surface area (Å²) < 4.78 is 0. The van der Waals surface area contributed by atoms with Crippen molar-refractivity contribution in [3.63, 3.8) is 0 Å². The smallest absolute Gasteiger partial charge is 0.182 e. The van der Waals surface area contributed by atoms with Gasteiger partial charge >= 0.3 is 0 Å². The van der Waals surface area contributed by atoms with Gasteiger partial charge in [-0.25, -0.2) is 0 Å². The van der Waals surface area contributed by atoms with Crippen molar-refractivity contribution in [1.29, 1.82) is 0 Å². The zero-order valence-corrected chi connectivity index (χ0v) is 9.78. The molecule has 0 saturated heterocycles. The normalized spacial score (nSPS) is 30.0. The topological polar surface area (TPSA) is 43.1 Å². The molecule has 1 fully saturated rings. The van der Waals surface area contributed by atoms with Crippen molar-refractivity contribution in [3.8, 4) is 0 Å². The number of carbonyl (C=O) groups excluding carboxylic acids is 1. The molecule has 1 aliphatic rings. The van der Waals surface area contributed by atoms with E-state index in [0.717, 1.165) is 24.8 Å². The summed E-state index contributed by atoms with van der Waals surface area (Å²) in [4.78, 5) is 12.3. The van der Waals surface area contributed by atoms with E-state index in [4.69, 9.17) is 5.73 Å². The Morgan fingerprint density at radius 1 is 1.38 bits per heavy atom. The molecule has 0 amide bonds. The average molecular weight is 217 g/mol. The molecule has 0 bridgehead atoms. The van der Waals surface area contributed by atoms with Crippen molar-refractivity contribution in [2.75, 3.05) is 0 Å². The lowest BCUT2D eigenvalue weighted by atomic mass is 9.73. The van der Waals surface area contributed by atoms with Crippen molar-refractivity contribution >= 4 is 5.78 Å². The van der Waals surface area contributed by atoms with Gasteiger partial charge in [-0.15, -0.1) is 0 Å². The van der Waals surface area contributed by atoms with E-state index in [2.05, 4.69) is 6.92 Å². The lowest BCUT2D eigenvalue weighted by molar-refractivity contribution is 0.0819. The Balaban J connectivity index is 2.21. The minimum atomic E-state index is -0.626. The number of hydrogen-bond acceptors (Lipinski definition) is 2. The van der Waals surface area contributed by atoms with Crippen LogP contribution in [-0.4, -0.2) is 11.3 Å². The average Bonchev–Trinajstić information content (AvgIpc) is 2.29. The van der Waals surface area contributed by atoms with Gasteiger partial charge in [-0.05, 0) is 18.8 Å². The van der Waals surface area contributed by atoms with Crippen LogP contribution in [0.3, 0.4) is 0 Å². The summed E-state index contributed by atoms with van der Waals surface area (Å²) in [5, 5.41) is 0. The number of carbonyl (C=O) groups is 1. The maximum atomic E-state index is 12.3. The van der Waals surface area contributed by atoms with Gasteiger partial charge in [0.25, 0.3) is 0 Å². The van der Waals surface area contributed by atoms with Gasteiger partial charge in [-0.3, -0.25) is 4.79 Å². The number of nitrogens with two attached hydrogens (primary N) is 1. The first-order valence-electron chi connectivity index (χ1n) is 6.00. The maximum absolute atomic E-state index is 12.3. The number of Topliss-reactive ketones (excluding diaryl/α,β-unsaturated/α-hetero) is 1. The van der Waals surface area contributed by atoms with Gasteiger partial charge in [-0.2, -0.15) is 0 Å². The molecule has 1 saturated carbocycles. The van der Waals surface area contributed by atoms with Crippen molar-refractivity contribution in [1.82, 2.24) is 0 Å². The third-order valence-electron chi connectivity index (χ3n) is 3.52. The Kier molecular flexibility index (Phi) is 3.10. The highest BCUT2D eigenvalue weighted by Gasteiger charge is 2.38. The fourth-order valence-electron chi connectivity index (χ4n) is 2.68. The second-order valence-electron chi connectivity index (χ2n) is 5.05. The number of ketones is 1. The van der Waals surface area contributed by atoms with Crippen LogP contribution in [-0.2, 0) is 0 Å². The highest BCUT2D eigenvalue weighted by atomic mass is 16.1. The first-order valence-corrected chi connectivity index (χ1v) is 6.00. The van der Waals surface area contributed by atoms with Crippen LogP contribution >= 0.6 is 0 Å². The molecule has 0 aromatic heterocycles. The molecule has 1 aliphatic carbocycles. The first kappa shape index (κ1) is 11.3. The molecule has 2 unspecified atom stereocenters. The van der Waals surface area contributed by atoms with Crippen molar-refractivity contribution < 1.29 is 4.79 Å². The number of hydrogen-bond donors (Lipinski definition) is 1. The van der Waals surface area contributed by atoms with Crippen LogP contribution < -0.4 is 5.73 Å². The molecule has 0 radical (unpaired) electrons. The molecule has 0 spiro atoms. The van der Waals surface area contributed by atoms with Crippen LogP contribution in [0.4, 0.5) is 0 Å². The zero-order valence-electron chi connectivity index (χ0n) is 9.78. The first-order chi connectivity index (χ1) is 7.62. The van der Waals surface area contributed by atoms with Gasteiger partial charge in [-0.1, -0.05) is 50.1 Å². The molecule has 86 valence electrons. The van der Waals surface area contributed by atoms with E-state index in [9.17, 15) is 4.79 Å². The van der Waals surface area contributed by atoms with Gasteiger partial charge in [0.1, 0.15) is 0 Å². The molecule has 0 heterocycles. The summed E-state index contributed by atoms with van der Waals surface area (Å²) in [6.07, 6.45) is 3.91. The Labute approximate surface area is 96.8 Å². The minimum absolute atomic E-state index is 0.111. The van der Waals surface area contributed by atoms with Crippen LogP contribution in [0.2, 0.25) is 0 Å². The van der Waals surface area contributed by atoms with E-state index in [-0.39, 0.29) is 5.78 Å². The summed E-state index contributed by atoms with van der Waals surface area (Å²) in [5.74, 6) is 0.672. The van der Waals surface area contributed by atoms with Gasteiger partial charge in [0.2, 0.25) is 0 Å². The zero-order chi connectivity index (χ0) is 11.6. The highest BCUT2D eigenvalue weighted by molar-refractivity contribution is 6.03. The minimum Gasteiger partial charge on any atom is -0.319 e.